The van der Waals surface area contributed by atoms with Crippen LogP contribution >= 0.6 is 0 Å². The van der Waals surface area contributed by atoms with Crippen LogP contribution in [-0.4, -0.2) is 41.0 Å². The molecule has 0 aromatic carbocycles. The van der Waals surface area contributed by atoms with Gasteiger partial charge in [-0.3, -0.25) is 4.90 Å². The van der Waals surface area contributed by atoms with Gasteiger partial charge < -0.3 is 5.32 Å². The zero-order chi connectivity index (χ0) is 12.1. The van der Waals surface area contributed by atoms with Crippen LogP contribution in [0.2, 0.25) is 0 Å². The Kier molecular flexibility index (Phi) is 4.45. The molecule has 0 atom stereocenters. The molecule has 0 bridgehead atoms. The van der Waals surface area contributed by atoms with Crippen molar-refractivity contribution in [3.63, 3.8) is 0 Å². The predicted molar refractivity (Wildman–Crippen MR) is 68.6 cm³/mol. The van der Waals surface area contributed by atoms with E-state index >= 15 is 0 Å². The van der Waals surface area contributed by atoms with Gasteiger partial charge in [-0.2, -0.15) is 0 Å². The van der Waals surface area contributed by atoms with Gasteiger partial charge in [-0.15, -0.1) is 0 Å². The average Bonchev–Trinajstić information content (AvgIpc) is 2.40. The van der Waals surface area contributed by atoms with Gasteiger partial charge >= 0.3 is 0 Å². The molecule has 1 aromatic rings. The fourth-order valence-electron chi connectivity index (χ4n) is 2.57. The van der Waals surface area contributed by atoms with Crippen molar-refractivity contribution >= 4 is 0 Å². The van der Waals surface area contributed by atoms with Crippen molar-refractivity contribution in [3.8, 4) is 0 Å². The Morgan fingerprint density at radius 3 is 2.47 bits per heavy atom. The van der Waals surface area contributed by atoms with Crippen molar-refractivity contribution in [1.82, 2.24) is 20.2 Å². The molecule has 0 saturated heterocycles. The third-order valence-electron chi connectivity index (χ3n) is 3.74. The molecule has 1 aromatic heterocycles. The minimum Gasteiger partial charge on any atom is -0.317 e. The van der Waals surface area contributed by atoms with Gasteiger partial charge in [0.25, 0.3) is 0 Å². The number of nitrogens with one attached hydrogen (secondary N) is 1. The van der Waals surface area contributed by atoms with E-state index in [0.717, 1.165) is 12.4 Å². The summed E-state index contributed by atoms with van der Waals surface area (Å²) in [7, 11) is 4.24. The van der Waals surface area contributed by atoms with Crippen LogP contribution in [0, 0.1) is 0 Å². The van der Waals surface area contributed by atoms with Crippen molar-refractivity contribution in [2.45, 2.75) is 44.3 Å². The fourth-order valence-corrected chi connectivity index (χ4v) is 2.57. The van der Waals surface area contributed by atoms with Crippen molar-refractivity contribution in [3.05, 3.63) is 24.3 Å². The summed E-state index contributed by atoms with van der Waals surface area (Å²) < 4.78 is 0. The van der Waals surface area contributed by atoms with Crippen LogP contribution in [0.25, 0.3) is 0 Å². The molecule has 1 aliphatic carbocycles. The quantitative estimate of drug-likeness (QED) is 0.856. The Bertz CT molecular complexity index is 319. The Hall–Kier alpha value is -1.00. The largest absolute Gasteiger partial charge is 0.317 e. The summed E-state index contributed by atoms with van der Waals surface area (Å²) in [6, 6.07) is 3.26. The van der Waals surface area contributed by atoms with Gasteiger partial charge in [0.15, 0.2) is 0 Å². The number of aromatic nitrogens is 2. The highest BCUT2D eigenvalue weighted by Gasteiger charge is 2.23. The highest BCUT2D eigenvalue weighted by molar-refractivity contribution is 4.90. The second-order valence-corrected chi connectivity index (χ2v) is 4.87. The summed E-state index contributed by atoms with van der Waals surface area (Å²) in [5.41, 5.74) is 0. The standard InChI is InChI=1S/C13H22N4/c1-14-11-4-6-12(7-5-11)17(2)10-13-15-8-3-9-16-13/h3,8-9,11-12,14H,4-7,10H2,1-2H3. The lowest BCUT2D eigenvalue weighted by Gasteiger charge is -2.34. The summed E-state index contributed by atoms with van der Waals surface area (Å²) >= 11 is 0. The Balaban J connectivity index is 1.83. The Morgan fingerprint density at radius 1 is 1.24 bits per heavy atom. The van der Waals surface area contributed by atoms with Crippen LogP contribution in [0.3, 0.4) is 0 Å². The molecule has 1 fully saturated rings. The Morgan fingerprint density at radius 2 is 1.88 bits per heavy atom. The fraction of sp³-hybridized carbons (Fsp3) is 0.692. The molecule has 17 heavy (non-hydrogen) atoms. The maximum atomic E-state index is 4.28. The molecule has 1 N–H and O–H groups in total. The zero-order valence-corrected chi connectivity index (χ0v) is 10.8. The molecule has 0 spiro atoms. The second kappa shape index (κ2) is 6.07. The van der Waals surface area contributed by atoms with Crippen LogP contribution in [0.1, 0.15) is 31.5 Å². The summed E-state index contributed by atoms with van der Waals surface area (Å²) in [5.74, 6) is 0.922. The third kappa shape index (κ3) is 3.48. The molecule has 0 radical (unpaired) electrons. The summed E-state index contributed by atoms with van der Waals surface area (Å²) in [6.07, 6.45) is 8.73. The molecule has 1 aliphatic rings. The number of hydrogen-bond acceptors (Lipinski definition) is 4. The molecule has 0 aliphatic heterocycles. The molecular formula is C13H22N4. The van der Waals surface area contributed by atoms with Gasteiger partial charge in [0, 0.05) is 24.5 Å². The van der Waals surface area contributed by atoms with Gasteiger partial charge in [-0.25, -0.2) is 9.97 Å². The van der Waals surface area contributed by atoms with Gasteiger partial charge in [-0.05, 0) is 45.8 Å². The van der Waals surface area contributed by atoms with Crippen LogP contribution in [0.15, 0.2) is 18.5 Å². The minimum atomic E-state index is 0.684. The monoisotopic (exact) mass is 234 g/mol. The van der Waals surface area contributed by atoms with E-state index in [1.165, 1.54) is 25.7 Å². The van der Waals surface area contributed by atoms with Crippen molar-refractivity contribution in [2.24, 2.45) is 0 Å². The summed E-state index contributed by atoms with van der Waals surface area (Å²) in [4.78, 5) is 10.9. The Labute approximate surface area is 103 Å². The van der Waals surface area contributed by atoms with E-state index in [1.54, 1.807) is 0 Å². The van der Waals surface area contributed by atoms with E-state index in [2.05, 4.69) is 34.3 Å². The summed E-state index contributed by atoms with van der Waals surface area (Å²) in [5, 5.41) is 3.37. The van der Waals surface area contributed by atoms with E-state index in [0.29, 0.717) is 12.1 Å². The van der Waals surface area contributed by atoms with E-state index in [1.807, 2.05) is 18.5 Å². The lowest BCUT2D eigenvalue weighted by atomic mass is 9.90. The van der Waals surface area contributed by atoms with E-state index in [-0.39, 0.29) is 0 Å². The lowest BCUT2D eigenvalue weighted by molar-refractivity contribution is 0.166. The topological polar surface area (TPSA) is 41.0 Å². The normalized spacial score (nSPS) is 25.1. The first kappa shape index (κ1) is 12.5. The molecule has 1 heterocycles. The number of rotatable bonds is 4. The van der Waals surface area contributed by atoms with Gasteiger partial charge in [0.2, 0.25) is 0 Å². The first-order valence-electron chi connectivity index (χ1n) is 6.43. The second-order valence-electron chi connectivity index (χ2n) is 4.87. The van der Waals surface area contributed by atoms with Gasteiger partial charge in [-0.1, -0.05) is 0 Å². The molecule has 0 amide bonds. The van der Waals surface area contributed by atoms with E-state index in [9.17, 15) is 0 Å². The van der Waals surface area contributed by atoms with Crippen molar-refractivity contribution < 1.29 is 0 Å². The average molecular weight is 234 g/mol. The summed E-state index contributed by atoms with van der Waals surface area (Å²) in [6.45, 7) is 0.857. The minimum absolute atomic E-state index is 0.684. The first-order valence-corrected chi connectivity index (χ1v) is 6.43. The molecule has 4 nitrogen and oxygen atoms in total. The number of nitrogens with zero attached hydrogens (tertiary/aromatic N) is 3. The molecule has 1 saturated carbocycles. The first-order chi connectivity index (χ1) is 8.29. The van der Waals surface area contributed by atoms with Crippen molar-refractivity contribution in [1.29, 1.82) is 0 Å². The van der Waals surface area contributed by atoms with Crippen LogP contribution in [0.5, 0.6) is 0 Å². The van der Waals surface area contributed by atoms with Gasteiger partial charge in [0.1, 0.15) is 5.82 Å². The maximum absolute atomic E-state index is 4.28. The van der Waals surface area contributed by atoms with Crippen molar-refractivity contribution in [2.75, 3.05) is 14.1 Å². The highest BCUT2D eigenvalue weighted by atomic mass is 15.1. The third-order valence-corrected chi connectivity index (χ3v) is 3.74. The maximum Gasteiger partial charge on any atom is 0.142 e. The predicted octanol–water partition coefficient (Wildman–Crippen LogP) is 1.44. The highest BCUT2D eigenvalue weighted by Crippen LogP contribution is 2.22. The molecule has 94 valence electrons. The van der Waals surface area contributed by atoms with Crippen LogP contribution < -0.4 is 5.32 Å². The molecule has 0 unspecified atom stereocenters. The van der Waals surface area contributed by atoms with Crippen LogP contribution in [-0.2, 0) is 6.54 Å². The van der Waals surface area contributed by atoms with E-state index in [4.69, 9.17) is 0 Å². The lowest BCUT2D eigenvalue weighted by Crippen LogP contribution is -2.39. The smallest absolute Gasteiger partial charge is 0.142 e. The molecule has 4 heteroatoms. The SMILES string of the molecule is CNC1CCC(N(C)Cc2ncccn2)CC1. The van der Waals surface area contributed by atoms with E-state index < -0.39 is 0 Å². The number of hydrogen-bond donors (Lipinski definition) is 1. The molecule has 2 rings (SSSR count). The van der Waals surface area contributed by atoms with Gasteiger partial charge in [0.05, 0.1) is 6.54 Å². The zero-order valence-electron chi connectivity index (χ0n) is 10.8. The molecular weight excluding hydrogens is 212 g/mol. The van der Waals surface area contributed by atoms with Crippen LogP contribution in [0.4, 0.5) is 0 Å².